The predicted octanol–water partition coefficient (Wildman–Crippen LogP) is 1.06. The number of hydrogen-bond donors (Lipinski definition) is 2. The van der Waals surface area contributed by atoms with Crippen LogP contribution in [0.2, 0.25) is 0 Å². The highest BCUT2D eigenvalue weighted by Gasteiger charge is 2.24. The van der Waals surface area contributed by atoms with E-state index in [0.717, 1.165) is 5.56 Å². The van der Waals surface area contributed by atoms with Crippen LogP contribution in [0.5, 0.6) is 0 Å². The highest BCUT2D eigenvalue weighted by atomic mass is 19.1. The van der Waals surface area contributed by atoms with Gasteiger partial charge in [-0.05, 0) is 24.6 Å². The van der Waals surface area contributed by atoms with Gasteiger partial charge >= 0.3 is 0 Å². The summed E-state index contributed by atoms with van der Waals surface area (Å²) in [6.45, 7) is 1.53. The van der Waals surface area contributed by atoms with E-state index in [1.165, 1.54) is 12.1 Å². The maximum absolute atomic E-state index is 13.1. The molecular weight excluding hydrogens is 195 g/mol. The van der Waals surface area contributed by atoms with Crippen LogP contribution >= 0.6 is 0 Å². The van der Waals surface area contributed by atoms with Crippen LogP contribution < -0.4 is 10.6 Å². The van der Waals surface area contributed by atoms with Crippen molar-refractivity contribution in [3.63, 3.8) is 0 Å². The topological polar surface area (TPSA) is 49.5 Å². The van der Waals surface area contributed by atoms with Crippen LogP contribution in [0.4, 0.5) is 10.1 Å². The van der Waals surface area contributed by atoms with Gasteiger partial charge in [0.15, 0.2) is 0 Å². The first kappa shape index (κ1) is 11.9. The molecule has 1 unspecified atom stereocenters. The summed E-state index contributed by atoms with van der Waals surface area (Å²) in [6.07, 6.45) is 0. The van der Waals surface area contributed by atoms with Crippen LogP contribution in [0.1, 0.15) is 12.5 Å². The van der Waals surface area contributed by atoms with E-state index in [1.54, 1.807) is 17.9 Å². The van der Waals surface area contributed by atoms with Gasteiger partial charge in [0.05, 0.1) is 12.1 Å². The monoisotopic (exact) mass is 212 g/mol. The molecule has 1 rings (SSSR count). The average Bonchev–Trinajstić information content (AvgIpc) is 2.17. The van der Waals surface area contributed by atoms with Crippen molar-refractivity contribution in [3.8, 4) is 0 Å². The molecule has 4 heteroatoms. The minimum atomic E-state index is -0.854. The fraction of sp³-hybridized carbons (Fsp3) is 0.455. The van der Waals surface area contributed by atoms with E-state index in [9.17, 15) is 9.50 Å². The van der Waals surface area contributed by atoms with E-state index >= 15 is 0 Å². The van der Waals surface area contributed by atoms with Gasteiger partial charge in [-0.25, -0.2) is 4.39 Å². The molecule has 15 heavy (non-hydrogen) atoms. The number of rotatable bonds is 3. The first-order valence-electron chi connectivity index (χ1n) is 4.75. The number of aliphatic hydroxyl groups excluding tert-OH is 1. The molecule has 0 spiro atoms. The predicted molar refractivity (Wildman–Crippen MR) is 59.4 cm³/mol. The van der Waals surface area contributed by atoms with Gasteiger partial charge in [0.2, 0.25) is 0 Å². The molecule has 0 aliphatic carbocycles. The summed E-state index contributed by atoms with van der Waals surface area (Å²) in [5, 5.41) is 9.19. The Morgan fingerprint density at radius 2 is 2.07 bits per heavy atom. The van der Waals surface area contributed by atoms with Crippen molar-refractivity contribution in [1.29, 1.82) is 0 Å². The third-order valence-electron chi connectivity index (χ3n) is 2.39. The Hall–Kier alpha value is -1.13. The molecule has 84 valence electrons. The van der Waals surface area contributed by atoms with E-state index in [2.05, 4.69) is 0 Å². The van der Waals surface area contributed by atoms with Crippen molar-refractivity contribution in [2.45, 2.75) is 12.5 Å². The second kappa shape index (κ2) is 4.16. The van der Waals surface area contributed by atoms with E-state index in [0.29, 0.717) is 5.69 Å². The largest absolute Gasteiger partial charge is 0.394 e. The first-order valence-corrected chi connectivity index (χ1v) is 4.75. The molecule has 0 radical (unpaired) electrons. The van der Waals surface area contributed by atoms with E-state index in [1.807, 2.05) is 14.1 Å². The van der Waals surface area contributed by atoms with Gasteiger partial charge in [0, 0.05) is 19.8 Å². The van der Waals surface area contributed by atoms with Crippen LogP contribution in [0.3, 0.4) is 0 Å². The van der Waals surface area contributed by atoms with Crippen molar-refractivity contribution >= 4 is 5.69 Å². The number of nitrogens with zero attached hydrogens (tertiary/aromatic N) is 1. The summed E-state index contributed by atoms with van der Waals surface area (Å²) in [5.74, 6) is -0.309. The molecule has 1 atom stereocenters. The van der Waals surface area contributed by atoms with Gasteiger partial charge in [-0.3, -0.25) is 0 Å². The Balaban J connectivity index is 3.29. The van der Waals surface area contributed by atoms with Crippen molar-refractivity contribution in [2.24, 2.45) is 5.73 Å². The Kier molecular flexibility index (Phi) is 3.31. The lowest BCUT2D eigenvalue weighted by atomic mass is 9.92. The number of aliphatic hydroxyl groups is 1. The van der Waals surface area contributed by atoms with E-state index < -0.39 is 5.54 Å². The molecular formula is C11H17FN2O. The SMILES string of the molecule is CN(C)c1cc(F)ccc1C(C)(N)CO. The molecule has 3 N–H and O–H groups in total. The second-order valence-electron chi connectivity index (χ2n) is 4.13. The van der Waals surface area contributed by atoms with Gasteiger partial charge in [-0.2, -0.15) is 0 Å². The number of halogens is 1. The lowest BCUT2D eigenvalue weighted by Crippen LogP contribution is -2.38. The highest BCUT2D eigenvalue weighted by molar-refractivity contribution is 5.55. The molecule has 0 heterocycles. The smallest absolute Gasteiger partial charge is 0.125 e. The highest BCUT2D eigenvalue weighted by Crippen LogP contribution is 2.28. The quantitative estimate of drug-likeness (QED) is 0.787. The number of nitrogens with two attached hydrogens (primary N) is 1. The zero-order valence-corrected chi connectivity index (χ0v) is 9.29. The Labute approximate surface area is 89.3 Å². The van der Waals surface area contributed by atoms with Crippen LogP contribution in [-0.4, -0.2) is 25.8 Å². The maximum atomic E-state index is 13.1. The summed E-state index contributed by atoms with van der Waals surface area (Å²) < 4.78 is 13.1. The van der Waals surface area contributed by atoms with Gasteiger partial charge in [0.1, 0.15) is 5.82 Å². The Bertz CT molecular complexity index is 350. The zero-order valence-electron chi connectivity index (χ0n) is 9.29. The molecule has 0 saturated carbocycles. The van der Waals surface area contributed by atoms with Crippen LogP contribution in [0, 0.1) is 5.82 Å². The van der Waals surface area contributed by atoms with Crippen LogP contribution in [-0.2, 0) is 5.54 Å². The second-order valence-corrected chi connectivity index (χ2v) is 4.13. The number of hydrogen-bond acceptors (Lipinski definition) is 3. The third kappa shape index (κ3) is 2.46. The summed E-state index contributed by atoms with van der Waals surface area (Å²) in [7, 11) is 3.62. The lowest BCUT2D eigenvalue weighted by molar-refractivity contribution is 0.210. The average molecular weight is 212 g/mol. The zero-order chi connectivity index (χ0) is 11.6. The Morgan fingerprint density at radius 1 is 1.47 bits per heavy atom. The fourth-order valence-electron chi connectivity index (χ4n) is 1.44. The summed E-state index contributed by atoms with van der Waals surface area (Å²) in [4.78, 5) is 1.78. The van der Waals surface area contributed by atoms with Crippen molar-refractivity contribution in [1.82, 2.24) is 0 Å². The molecule has 0 aliphatic rings. The summed E-state index contributed by atoms with van der Waals surface area (Å²) >= 11 is 0. The van der Waals surface area contributed by atoms with Gasteiger partial charge in [-0.1, -0.05) is 6.07 Å². The molecule has 3 nitrogen and oxygen atoms in total. The number of anilines is 1. The summed E-state index contributed by atoms with van der Waals surface area (Å²) in [5.41, 5.74) is 6.49. The lowest BCUT2D eigenvalue weighted by Gasteiger charge is -2.28. The van der Waals surface area contributed by atoms with Gasteiger partial charge < -0.3 is 15.7 Å². The standard InChI is InChI=1S/C11H17FN2O/c1-11(13,7-15)9-5-4-8(12)6-10(9)14(2)3/h4-6,15H,7,13H2,1-3H3. The van der Waals surface area contributed by atoms with Crippen molar-refractivity contribution in [2.75, 3.05) is 25.6 Å². The molecule has 1 aromatic rings. The van der Waals surface area contributed by atoms with Gasteiger partial charge in [0.25, 0.3) is 0 Å². The molecule has 0 aromatic heterocycles. The minimum absolute atomic E-state index is 0.181. The Morgan fingerprint density at radius 3 is 2.53 bits per heavy atom. The van der Waals surface area contributed by atoms with E-state index in [4.69, 9.17) is 5.73 Å². The number of benzene rings is 1. The molecule has 0 bridgehead atoms. The minimum Gasteiger partial charge on any atom is -0.394 e. The molecule has 1 aromatic carbocycles. The normalized spacial score (nSPS) is 14.8. The van der Waals surface area contributed by atoms with Crippen LogP contribution in [0.15, 0.2) is 18.2 Å². The fourth-order valence-corrected chi connectivity index (χ4v) is 1.44. The van der Waals surface area contributed by atoms with Crippen LogP contribution in [0.25, 0.3) is 0 Å². The molecule has 0 saturated heterocycles. The van der Waals surface area contributed by atoms with Crippen molar-refractivity contribution in [3.05, 3.63) is 29.6 Å². The van der Waals surface area contributed by atoms with E-state index in [-0.39, 0.29) is 12.4 Å². The molecule has 0 fully saturated rings. The van der Waals surface area contributed by atoms with Gasteiger partial charge in [-0.15, -0.1) is 0 Å². The third-order valence-corrected chi connectivity index (χ3v) is 2.39. The first-order chi connectivity index (χ1) is 6.88. The summed E-state index contributed by atoms with van der Waals surface area (Å²) in [6, 6.07) is 4.38. The molecule has 0 amide bonds. The van der Waals surface area contributed by atoms with Crippen molar-refractivity contribution < 1.29 is 9.50 Å². The maximum Gasteiger partial charge on any atom is 0.125 e. The molecule has 0 aliphatic heterocycles.